The fourth-order valence-corrected chi connectivity index (χ4v) is 5.22. The Labute approximate surface area is 222 Å². The highest BCUT2D eigenvalue weighted by molar-refractivity contribution is 6.02. The van der Waals surface area contributed by atoms with E-state index in [4.69, 9.17) is 4.42 Å². The van der Waals surface area contributed by atoms with Crippen LogP contribution in [0.1, 0.15) is 5.56 Å². The number of furan rings is 1. The third-order valence-electron chi connectivity index (χ3n) is 7.10. The van der Waals surface area contributed by atoms with E-state index in [9.17, 15) is 0 Å². The molecule has 38 heavy (non-hydrogen) atoms. The molecule has 0 bridgehead atoms. The first-order valence-electron chi connectivity index (χ1n) is 12.9. The SMILES string of the molecule is C1=Cc2c(oc3c(N(c4ccc(-c5ccccc5)cc4)c4ccc(-c5ccccc5)cc4)cccc23)NC1. The molecule has 1 aromatic heterocycles. The summed E-state index contributed by atoms with van der Waals surface area (Å²) in [6.45, 7) is 0.772. The van der Waals surface area contributed by atoms with Crippen molar-refractivity contribution in [2.45, 2.75) is 0 Å². The number of rotatable bonds is 5. The molecule has 0 amide bonds. The number of hydrogen-bond acceptors (Lipinski definition) is 3. The van der Waals surface area contributed by atoms with Crippen LogP contribution < -0.4 is 10.2 Å². The van der Waals surface area contributed by atoms with Crippen LogP contribution in [-0.4, -0.2) is 6.54 Å². The topological polar surface area (TPSA) is 28.4 Å². The molecule has 0 atom stereocenters. The van der Waals surface area contributed by atoms with Gasteiger partial charge in [0, 0.05) is 28.9 Å². The van der Waals surface area contributed by atoms with Gasteiger partial charge in [-0.05, 0) is 52.6 Å². The molecular formula is C35H26N2O. The largest absolute Gasteiger partial charge is 0.438 e. The Balaban J connectivity index is 1.37. The number of nitrogens with one attached hydrogen (secondary N) is 1. The molecule has 0 radical (unpaired) electrons. The summed E-state index contributed by atoms with van der Waals surface area (Å²) >= 11 is 0. The second-order valence-corrected chi connectivity index (χ2v) is 9.44. The predicted octanol–water partition coefficient (Wildman–Crippen LogP) is 9.68. The maximum Gasteiger partial charge on any atom is 0.201 e. The molecule has 3 heteroatoms. The van der Waals surface area contributed by atoms with Gasteiger partial charge in [-0.2, -0.15) is 0 Å². The summed E-state index contributed by atoms with van der Waals surface area (Å²) in [4.78, 5) is 2.28. The number of para-hydroxylation sites is 1. The van der Waals surface area contributed by atoms with E-state index < -0.39 is 0 Å². The monoisotopic (exact) mass is 490 g/mol. The summed E-state index contributed by atoms with van der Waals surface area (Å²) in [5.41, 5.74) is 9.91. The van der Waals surface area contributed by atoms with Crippen molar-refractivity contribution in [2.24, 2.45) is 0 Å². The fraction of sp³-hybridized carbons (Fsp3) is 0.0286. The van der Waals surface area contributed by atoms with E-state index in [1.807, 2.05) is 12.1 Å². The van der Waals surface area contributed by atoms with Gasteiger partial charge < -0.3 is 14.6 Å². The van der Waals surface area contributed by atoms with Gasteiger partial charge in [-0.15, -0.1) is 0 Å². The van der Waals surface area contributed by atoms with Gasteiger partial charge in [0.25, 0.3) is 0 Å². The Hall–Kier alpha value is -5.02. The van der Waals surface area contributed by atoms with E-state index in [0.717, 1.165) is 46.0 Å². The summed E-state index contributed by atoms with van der Waals surface area (Å²) in [6, 6.07) is 44.8. The van der Waals surface area contributed by atoms with Crippen LogP contribution in [0.5, 0.6) is 0 Å². The summed E-state index contributed by atoms with van der Waals surface area (Å²) in [7, 11) is 0. The van der Waals surface area contributed by atoms with Crippen molar-refractivity contribution in [3.63, 3.8) is 0 Å². The standard InChI is InChI=1S/C35H26N2O/c1-3-9-25(10-4-1)27-16-20-29(21-17-27)37(30-22-18-28(19-23-30)26-11-5-2-6-12-26)33-15-7-13-31-32-14-8-24-36-35(32)38-34(31)33/h1-23,36H,24H2. The van der Waals surface area contributed by atoms with Crippen molar-refractivity contribution in [2.75, 3.05) is 16.8 Å². The van der Waals surface area contributed by atoms with E-state index in [1.165, 1.54) is 22.3 Å². The van der Waals surface area contributed by atoms with E-state index in [0.29, 0.717) is 0 Å². The van der Waals surface area contributed by atoms with Crippen LogP contribution in [0.25, 0.3) is 39.3 Å². The van der Waals surface area contributed by atoms with Gasteiger partial charge >= 0.3 is 0 Å². The number of anilines is 4. The third kappa shape index (κ3) is 3.95. The Kier molecular flexibility index (Phi) is 5.52. The highest BCUT2D eigenvalue weighted by atomic mass is 16.4. The quantitative estimate of drug-likeness (QED) is 0.261. The minimum absolute atomic E-state index is 0.772. The van der Waals surface area contributed by atoms with Crippen LogP contribution in [-0.2, 0) is 0 Å². The van der Waals surface area contributed by atoms with Gasteiger partial charge in [-0.25, -0.2) is 0 Å². The highest BCUT2D eigenvalue weighted by Gasteiger charge is 2.22. The molecule has 6 aromatic rings. The minimum atomic E-state index is 0.772. The number of hydrogen-bond donors (Lipinski definition) is 1. The van der Waals surface area contributed by atoms with E-state index in [1.54, 1.807) is 0 Å². The van der Waals surface area contributed by atoms with Crippen molar-refractivity contribution < 1.29 is 4.42 Å². The third-order valence-corrected chi connectivity index (χ3v) is 7.10. The molecule has 2 heterocycles. The molecule has 0 aliphatic carbocycles. The van der Waals surface area contributed by atoms with Gasteiger partial charge in [-0.1, -0.05) is 109 Å². The lowest BCUT2D eigenvalue weighted by atomic mass is 10.0. The smallest absolute Gasteiger partial charge is 0.201 e. The van der Waals surface area contributed by atoms with E-state index in [2.05, 4.69) is 138 Å². The zero-order chi connectivity index (χ0) is 25.3. The number of fused-ring (bicyclic) bond motifs is 3. The molecule has 0 spiro atoms. The maximum absolute atomic E-state index is 6.43. The predicted molar refractivity (Wildman–Crippen MR) is 159 cm³/mol. The molecule has 0 saturated heterocycles. The average molecular weight is 491 g/mol. The summed E-state index contributed by atoms with van der Waals surface area (Å²) < 4.78 is 6.43. The molecule has 0 saturated carbocycles. The molecule has 0 fully saturated rings. The van der Waals surface area contributed by atoms with Crippen LogP contribution in [0.2, 0.25) is 0 Å². The van der Waals surface area contributed by atoms with Gasteiger partial charge in [0.05, 0.1) is 5.69 Å². The van der Waals surface area contributed by atoms with Crippen molar-refractivity contribution in [1.29, 1.82) is 0 Å². The lowest BCUT2D eigenvalue weighted by molar-refractivity contribution is 0.628. The molecule has 1 N–H and O–H groups in total. The fourth-order valence-electron chi connectivity index (χ4n) is 5.22. The van der Waals surface area contributed by atoms with Crippen molar-refractivity contribution in [3.05, 3.63) is 139 Å². The van der Waals surface area contributed by atoms with Gasteiger partial charge in [0.1, 0.15) is 0 Å². The van der Waals surface area contributed by atoms with Crippen molar-refractivity contribution in [1.82, 2.24) is 0 Å². The molecule has 5 aromatic carbocycles. The van der Waals surface area contributed by atoms with E-state index in [-0.39, 0.29) is 0 Å². The average Bonchev–Trinajstić information content (AvgIpc) is 3.39. The zero-order valence-corrected chi connectivity index (χ0v) is 20.8. The summed E-state index contributed by atoms with van der Waals surface area (Å²) in [6.07, 6.45) is 4.28. The van der Waals surface area contributed by atoms with Gasteiger partial charge in [-0.3, -0.25) is 0 Å². The number of benzene rings is 5. The minimum Gasteiger partial charge on any atom is -0.438 e. The summed E-state index contributed by atoms with van der Waals surface area (Å²) in [5.74, 6) is 0.828. The molecular weight excluding hydrogens is 464 g/mol. The Morgan fingerprint density at radius 1 is 0.553 bits per heavy atom. The molecule has 1 aliphatic rings. The first-order chi connectivity index (χ1) is 18.8. The van der Waals surface area contributed by atoms with Gasteiger partial charge in [0.2, 0.25) is 5.88 Å². The van der Waals surface area contributed by atoms with Crippen LogP contribution in [0.4, 0.5) is 22.9 Å². The van der Waals surface area contributed by atoms with E-state index >= 15 is 0 Å². The molecule has 0 unspecified atom stereocenters. The molecule has 1 aliphatic heterocycles. The first-order valence-corrected chi connectivity index (χ1v) is 12.9. The highest BCUT2D eigenvalue weighted by Crippen LogP contribution is 2.44. The van der Waals surface area contributed by atoms with Crippen LogP contribution in [0, 0.1) is 0 Å². The second kappa shape index (κ2) is 9.45. The Morgan fingerprint density at radius 3 is 1.68 bits per heavy atom. The lowest BCUT2D eigenvalue weighted by Gasteiger charge is -2.26. The first kappa shape index (κ1) is 22.2. The van der Waals surface area contributed by atoms with Crippen LogP contribution in [0.15, 0.2) is 138 Å². The lowest BCUT2D eigenvalue weighted by Crippen LogP contribution is -2.10. The van der Waals surface area contributed by atoms with Crippen LogP contribution >= 0.6 is 0 Å². The molecule has 3 nitrogen and oxygen atoms in total. The second-order valence-electron chi connectivity index (χ2n) is 9.44. The molecule has 182 valence electrons. The Bertz CT molecular complexity index is 1650. The van der Waals surface area contributed by atoms with Crippen molar-refractivity contribution >= 4 is 40.0 Å². The van der Waals surface area contributed by atoms with Crippen LogP contribution in [0.3, 0.4) is 0 Å². The normalized spacial score (nSPS) is 12.2. The van der Waals surface area contributed by atoms with Crippen molar-refractivity contribution in [3.8, 4) is 22.3 Å². The number of nitrogens with zero attached hydrogens (tertiary/aromatic N) is 1. The molecule has 7 rings (SSSR count). The zero-order valence-electron chi connectivity index (χ0n) is 20.8. The van der Waals surface area contributed by atoms with Gasteiger partial charge in [0.15, 0.2) is 5.58 Å². The summed E-state index contributed by atoms with van der Waals surface area (Å²) in [5, 5.41) is 4.48. The Morgan fingerprint density at radius 2 is 1.11 bits per heavy atom. The maximum atomic E-state index is 6.43.